The van der Waals surface area contributed by atoms with E-state index in [0.717, 1.165) is 32.2 Å². The van der Waals surface area contributed by atoms with Crippen LogP contribution in [0.3, 0.4) is 0 Å². The molecule has 0 atom stereocenters. The molecule has 1 amide bonds. The zero-order valence-electron chi connectivity index (χ0n) is 21.2. The first kappa shape index (κ1) is 27.1. The smallest absolute Gasteiger partial charge is 0.303 e. The number of anilines is 1. The first-order valence-corrected chi connectivity index (χ1v) is 13.0. The fraction of sp³-hybridized carbons (Fsp3) is 0.207. The molecule has 0 spiro atoms. The van der Waals surface area contributed by atoms with E-state index in [9.17, 15) is 14.7 Å². The molecule has 0 saturated carbocycles. The molecule has 4 rings (SSSR count). The Morgan fingerprint density at radius 3 is 2.39 bits per heavy atom. The van der Waals surface area contributed by atoms with Crippen LogP contribution in [0.1, 0.15) is 30.0 Å². The van der Waals surface area contributed by atoms with Crippen LogP contribution < -0.4 is 10.2 Å². The molecule has 0 saturated heterocycles. The van der Waals surface area contributed by atoms with Crippen molar-refractivity contribution in [1.82, 2.24) is 10.3 Å². The summed E-state index contributed by atoms with van der Waals surface area (Å²) in [6.07, 6.45) is 0.479. The number of aromatic amines is 1. The van der Waals surface area contributed by atoms with Gasteiger partial charge in [-0.25, -0.2) is 4.99 Å². The second-order valence-electron chi connectivity index (χ2n) is 8.88. The van der Waals surface area contributed by atoms with E-state index in [0.29, 0.717) is 36.5 Å². The number of amides is 1. The first-order valence-electron chi connectivity index (χ1n) is 12.2. The van der Waals surface area contributed by atoms with Crippen molar-refractivity contribution >= 4 is 55.8 Å². The molecule has 0 radical (unpaired) electrons. The van der Waals surface area contributed by atoms with Crippen molar-refractivity contribution in [2.75, 3.05) is 25.0 Å². The lowest BCUT2D eigenvalue weighted by atomic mass is 9.98. The van der Waals surface area contributed by atoms with Gasteiger partial charge in [0.05, 0.1) is 22.5 Å². The number of carbonyl (C=O) groups is 2. The molecule has 0 aliphatic heterocycles. The van der Waals surface area contributed by atoms with E-state index in [1.54, 1.807) is 4.90 Å². The monoisotopic (exact) mass is 576 g/mol. The topological polar surface area (TPSA) is 118 Å². The molecule has 3 aromatic carbocycles. The summed E-state index contributed by atoms with van der Waals surface area (Å²) in [4.78, 5) is 32.8. The number of nitrogens with one attached hydrogen (secondary N) is 2. The van der Waals surface area contributed by atoms with Crippen molar-refractivity contribution in [3.63, 3.8) is 0 Å². The number of rotatable bonds is 10. The molecule has 0 aliphatic rings. The minimum Gasteiger partial charge on any atom is -0.494 e. The van der Waals surface area contributed by atoms with Crippen molar-refractivity contribution in [3.05, 3.63) is 87.9 Å². The number of benzene rings is 3. The van der Waals surface area contributed by atoms with Gasteiger partial charge >= 0.3 is 5.97 Å². The molecule has 38 heavy (non-hydrogen) atoms. The van der Waals surface area contributed by atoms with Crippen LogP contribution in [0.2, 0.25) is 0 Å². The second kappa shape index (κ2) is 12.1. The maximum absolute atomic E-state index is 12.2. The Balaban J connectivity index is 1.78. The van der Waals surface area contributed by atoms with Crippen LogP contribution in [0.5, 0.6) is 5.88 Å². The summed E-state index contributed by atoms with van der Waals surface area (Å²) >= 11 is 3.47. The largest absolute Gasteiger partial charge is 0.494 e. The number of aliphatic imine (C=N–C) groups is 1. The lowest BCUT2D eigenvalue weighted by Gasteiger charge is -2.21. The number of aryl methyl sites for hydroxylation is 1. The zero-order chi connectivity index (χ0) is 27.2. The van der Waals surface area contributed by atoms with Crippen LogP contribution in [0.25, 0.3) is 10.9 Å². The third-order valence-corrected chi connectivity index (χ3v) is 6.69. The van der Waals surface area contributed by atoms with E-state index in [1.165, 1.54) is 6.92 Å². The summed E-state index contributed by atoms with van der Waals surface area (Å²) in [7, 11) is 1.84. The lowest BCUT2D eigenvalue weighted by molar-refractivity contribution is -0.137. The zero-order valence-corrected chi connectivity index (χ0v) is 22.7. The number of fused-ring (bicyclic) bond motifs is 1. The van der Waals surface area contributed by atoms with Crippen molar-refractivity contribution in [3.8, 4) is 5.88 Å². The number of hydrogen-bond donors (Lipinski definition) is 4. The average molecular weight is 577 g/mol. The fourth-order valence-electron chi connectivity index (χ4n) is 4.27. The molecule has 8 nitrogen and oxygen atoms in total. The molecule has 4 aromatic rings. The highest BCUT2D eigenvalue weighted by Crippen LogP contribution is 2.33. The number of carbonyl (C=O) groups excluding carboxylic acids is 1. The highest BCUT2D eigenvalue weighted by molar-refractivity contribution is 9.10. The van der Waals surface area contributed by atoms with Crippen molar-refractivity contribution < 1.29 is 19.8 Å². The molecule has 0 unspecified atom stereocenters. The number of nitrogens with zero attached hydrogens (tertiary/aromatic N) is 2. The molecule has 1 heterocycles. The molecule has 4 N–H and O–H groups in total. The van der Waals surface area contributed by atoms with Gasteiger partial charge in [-0.05, 0) is 55.4 Å². The van der Waals surface area contributed by atoms with E-state index in [1.807, 2.05) is 73.8 Å². The van der Waals surface area contributed by atoms with Crippen LogP contribution in [-0.4, -0.2) is 52.9 Å². The third kappa shape index (κ3) is 6.30. The number of hydrogen-bond acceptors (Lipinski definition) is 5. The number of carboxylic acid groups (broad SMARTS) is 1. The van der Waals surface area contributed by atoms with Crippen LogP contribution in [-0.2, 0) is 16.0 Å². The molecular formula is C29H29BrN4O4. The van der Waals surface area contributed by atoms with Crippen molar-refractivity contribution in [1.29, 1.82) is 0 Å². The van der Waals surface area contributed by atoms with E-state index in [-0.39, 0.29) is 18.2 Å². The summed E-state index contributed by atoms with van der Waals surface area (Å²) in [5, 5.41) is 23.8. The SMILES string of the molecule is CNCCN(C(C)=O)c1ccc(N=C(c2ccc(CCC(=O)O)cc2)c2c(O)[nH]c3cc(Br)ccc23)cc1. The van der Waals surface area contributed by atoms with Crippen molar-refractivity contribution in [2.24, 2.45) is 4.99 Å². The molecule has 0 fully saturated rings. The van der Waals surface area contributed by atoms with E-state index < -0.39 is 5.97 Å². The standard InChI is InChI=1S/C29H29BrN4O4/c1-18(35)34(16-15-31-2)23-11-9-22(10-12-23)32-28(20-6-3-19(4-7-20)5-14-26(36)37)27-24-13-8-21(30)17-25(24)33-29(27)38/h3-4,6-13,17,31,33,38H,5,14-16H2,1-2H3,(H,36,37). The lowest BCUT2D eigenvalue weighted by Crippen LogP contribution is -2.34. The predicted octanol–water partition coefficient (Wildman–Crippen LogP) is 5.39. The summed E-state index contributed by atoms with van der Waals surface area (Å²) in [5.41, 5.74) is 4.98. The molecule has 0 aliphatic carbocycles. The minimum absolute atomic E-state index is 0.00163. The van der Waals surface area contributed by atoms with Gasteiger partial charge in [0.25, 0.3) is 0 Å². The van der Waals surface area contributed by atoms with Crippen LogP contribution in [0, 0.1) is 0 Å². The normalized spacial score (nSPS) is 11.6. The van der Waals surface area contributed by atoms with E-state index in [2.05, 4.69) is 26.2 Å². The summed E-state index contributed by atoms with van der Waals surface area (Å²) in [6.45, 7) is 2.76. The van der Waals surface area contributed by atoms with Crippen LogP contribution >= 0.6 is 15.9 Å². The number of H-pyrrole nitrogens is 1. The van der Waals surface area contributed by atoms with Gasteiger partial charge in [0.15, 0.2) is 5.88 Å². The average Bonchev–Trinajstić information content (AvgIpc) is 3.21. The Bertz CT molecular complexity index is 1480. The van der Waals surface area contributed by atoms with Crippen LogP contribution in [0.15, 0.2) is 76.2 Å². The number of aliphatic carboxylic acids is 1. The van der Waals surface area contributed by atoms with Gasteiger partial charge in [-0.15, -0.1) is 0 Å². The van der Waals surface area contributed by atoms with Gasteiger partial charge in [-0.2, -0.15) is 0 Å². The number of aromatic hydroxyl groups is 1. The number of carboxylic acids is 1. The maximum atomic E-state index is 12.2. The number of halogens is 1. The van der Waals surface area contributed by atoms with Gasteiger partial charge in [0.1, 0.15) is 0 Å². The van der Waals surface area contributed by atoms with E-state index >= 15 is 0 Å². The quantitative estimate of drug-likeness (QED) is 0.189. The summed E-state index contributed by atoms with van der Waals surface area (Å²) in [6, 6.07) is 20.6. The van der Waals surface area contributed by atoms with Crippen molar-refractivity contribution in [2.45, 2.75) is 19.8 Å². The molecule has 9 heteroatoms. The van der Waals surface area contributed by atoms with Gasteiger partial charge < -0.3 is 25.4 Å². The second-order valence-corrected chi connectivity index (χ2v) is 9.80. The van der Waals surface area contributed by atoms with Gasteiger partial charge in [-0.3, -0.25) is 9.59 Å². The predicted molar refractivity (Wildman–Crippen MR) is 154 cm³/mol. The van der Waals surface area contributed by atoms with E-state index in [4.69, 9.17) is 10.1 Å². The molecule has 196 valence electrons. The van der Waals surface area contributed by atoms with Gasteiger partial charge in [0.2, 0.25) is 5.91 Å². The Morgan fingerprint density at radius 1 is 1.05 bits per heavy atom. The maximum Gasteiger partial charge on any atom is 0.303 e. The van der Waals surface area contributed by atoms with Gasteiger partial charge in [0, 0.05) is 47.5 Å². The fourth-order valence-corrected chi connectivity index (χ4v) is 4.63. The summed E-state index contributed by atoms with van der Waals surface area (Å²) < 4.78 is 0.878. The Labute approximate surface area is 229 Å². The third-order valence-electron chi connectivity index (χ3n) is 6.20. The molecule has 1 aromatic heterocycles. The van der Waals surface area contributed by atoms with Gasteiger partial charge in [-0.1, -0.05) is 46.3 Å². The Hall–Kier alpha value is -3.95. The molecule has 0 bridgehead atoms. The number of aromatic nitrogens is 1. The summed E-state index contributed by atoms with van der Waals surface area (Å²) in [5.74, 6) is -0.891. The minimum atomic E-state index is -0.844. The highest BCUT2D eigenvalue weighted by atomic mass is 79.9. The van der Waals surface area contributed by atoms with Crippen LogP contribution in [0.4, 0.5) is 11.4 Å². The first-order chi connectivity index (χ1) is 18.3. The Morgan fingerprint density at radius 2 is 1.76 bits per heavy atom. The number of likely N-dealkylation sites (N-methyl/N-ethyl adjacent to an activating group) is 1. The highest BCUT2D eigenvalue weighted by Gasteiger charge is 2.19. The Kier molecular flexibility index (Phi) is 8.60. The molecular weight excluding hydrogens is 548 g/mol.